The summed E-state index contributed by atoms with van der Waals surface area (Å²) in [5.74, 6) is 0.574. The lowest BCUT2D eigenvalue weighted by molar-refractivity contribution is -0.115. The number of nitrogens with two attached hydrogens (primary N) is 1. The zero-order valence-electron chi connectivity index (χ0n) is 8.38. The average molecular weight is 181 g/mol. The quantitative estimate of drug-likeness (QED) is 0.667. The summed E-state index contributed by atoms with van der Waals surface area (Å²) < 4.78 is 0. The summed E-state index contributed by atoms with van der Waals surface area (Å²) in [4.78, 5) is 10.9. The molecular weight excluding hydrogens is 162 g/mol. The molecule has 0 heterocycles. The van der Waals surface area contributed by atoms with Gasteiger partial charge < -0.3 is 5.73 Å². The molecule has 1 atom stereocenters. The fraction of sp³-hybridized carbons (Fsp3) is 0.727. The van der Waals surface area contributed by atoms with Gasteiger partial charge in [0.25, 0.3) is 0 Å². The van der Waals surface area contributed by atoms with E-state index in [0.717, 1.165) is 0 Å². The zero-order valence-corrected chi connectivity index (χ0v) is 8.38. The first kappa shape index (κ1) is 10.3. The average Bonchev–Trinajstić information content (AvgIpc) is 2.17. The SMILES string of the molecule is C=C(C(N)=O)[C@@H](C)C1CCCCC1. The Kier molecular flexibility index (Phi) is 3.52. The Morgan fingerprint density at radius 1 is 1.38 bits per heavy atom. The van der Waals surface area contributed by atoms with Crippen LogP contribution < -0.4 is 5.73 Å². The molecule has 2 N–H and O–H groups in total. The highest BCUT2D eigenvalue weighted by Gasteiger charge is 2.23. The largest absolute Gasteiger partial charge is 0.366 e. The second-order valence-corrected chi connectivity index (χ2v) is 4.08. The summed E-state index contributed by atoms with van der Waals surface area (Å²) >= 11 is 0. The number of amides is 1. The Morgan fingerprint density at radius 3 is 2.38 bits per heavy atom. The van der Waals surface area contributed by atoms with Gasteiger partial charge in [-0.3, -0.25) is 4.79 Å². The van der Waals surface area contributed by atoms with Crippen molar-refractivity contribution in [3.05, 3.63) is 12.2 Å². The van der Waals surface area contributed by atoms with Gasteiger partial charge >= 0.3 is 0 Å². The maximum Gasteiger partial charge on any atom is 0.244 e. The third-order valence-electron chi connectivity index (χ3n) is 3.22. The van der Waals surface area contributed by atoms with Crippen LogP contribution in [0.1, 0.15) is 39.0 Å². The second-order valence-electron chi connectivity index (χ2n) is 4.08. The van der Waals surface area contributed by atoms with Crippen LogP contribution in [-0.2, 0) is 4.79 Å². The van der Waals surface area contributed by atoms with Crippen LogP contribution in [0.2, 0.25) is 0 Å². The Morgan fingerprint density at radius 2 is 1.92 bits per heavy atom. The molecule has 74 valence electrons. The van der Waals surface area contributed by atoms with Crippen LogP contribution in [0.3, 0.4) is 0 Å². The van der Waals surface area contributed by atoms with E-state index in [2.05, 4.69) is 13.5 Å². The lowest BCUT2D eigenvalue weighted by Crippen LogP contribution is -2.24. The van der Waals surface area contributed by atoms with Crippen molar-refractivity contribution in [3.8, 4) is 0 Å². The van der Waals surface area contributed by atoms with E-state index in [1.165, 1.54) is 32.1 Å². The molecule has 0 unspecified atom stereocenters. The predicted octanol–water partition coefficient (Wildman–Crippen LogP) is 2.24. The van der Waals surface area contributed by atoms with Crippen LogP contribution in [0, 0.1) is 11.8 Å². The number of rotatable bonds is 3. The van der Waals surface area contributed by atoms with E-state index in [-0.39, 0.29) is 11.8 Å². The summed E-state index contributed by atoms with van der Waals surface area (Å²) in [6, 6.07) is 0. The van der Waals surface area contributed by atoms with Crippen molar-refractivity contribution in [2.24, 2.45) is 17.6 Å². The molecule has 2 heteroatoms. The van der Waals surface area contributed by atoms with Crippen molar-refractivity contribution in [1.29, 1.82) is 0 Å². The molecular formula is C11H19NO. The minimum atomic E-state index is -0.335. The molecule has 2 nitrogen and oxygen atoms in total. The Labute approximate surface area is 80.2 Å². The number of hydrogen-bond acceptors (Lipinski definition) is 1. The van der Waals surface area contributed by atoms with Gasteiger partial charge in [-0.05, 0) is 24.7 Å². The minimum Gasteiger partial charge on any atom is -0.366 e. The highest BCUT2D eigenvalue weighted by molar-refractivity contribution is 5.91. The molecule has 0 saturated heterocycles. The minimum absolute atomic E-state index is 0.276. The molecule has 0 radical (unpaired) electrons. The van der Waals surface area contributed by atoms with Gasteiger partial charge in [0, 0.05) is 5.57 Å². The summed E-state index contributed by atoms with van der Waals surface area (Å²) in [7, 11) is 0. The Hall–Kier alpha value is -0.790. The highest BCUT2D eigenvalue weighted by Crippen LogP contribution is 2.32. The van der Waals surface area contributed by atoms with Crippen LogP contribution >= 0.6 is 0 Å². The smallest absolute Gasteiger partial charge is 0.244 e. The molecule has 0 aromatic rings. The van der Waals surface area contributed by atoms with Crippen molar-refractivity contribution in [2.45, 2.75) is 39.0 Å². The standard InChI is InChI=1S/C11H19NO/c1-8(9(2)11(12)13)10-6-4-3-5-7-10/h8,10H,2-7H2,1H3,(H2,12,13)/t8-/m1/s1. The lowest BCUT2D eigenvalue weighted by Gasteiger charge is -2.27. The van der Waals surface area contributed by atoms with Gasteiger partial charge in [-0.1, -0.05) is 32.8 Å². The maximum atomic E-state index is 10.9. The van der Waals surface area contributed by atoms with Gasteiger partial charge in [0.15, 0.2) is 0 Å². The number of hydrogen-bond donors (Lipinski definition) is 1. The summed E-state index contributed by atoms with van der Waals surface area (Å²) in [5, 5.41) is 0. The van der Waals surface area contributed by atoms with Gasteiger partial charge in [-0.15, -0.1) is 0 Å². The van der Waals surface area contributed by atoms with Gasteiger partial charge in [0.2, 0.25) is 5.91 Å². The molecule has 1 aliphatic carbocycles. The predicted molar refractivity (Wildman–Crippen MR) is 54.1 cm³/mol. The fourth-order valence-corrected chi connectivity index (χ4v) is 2.14. The third-order valence-corrected chi connectivity index (χ3v) is 3.22. The van der Waals surface area contributed by atoms with E-state index in [0.29, 0.717) is 11.5 Å². The van der Waals surface area contributed by atoms with Crippen molar-refractivity contribution in [2.75, 3.05) is 0 Å². The third kappa shape index (κ3) is 2.58. The maximum absolute atomic E-state index is 10.9. The molecule has 0 aromatic carbocycles. The van der Waals surface area contributed by atoms with Gasteiger partial charge in [-0.2, -0.15) is 0 Å². The summed E-state index contributed by atoms with van der Waals surface area (Å²) in [6.45, 7) is 5.83. The molecule has 0 aliphatic heterocycles. The number of primary amides is 1. The molecule has 1 rings (SSSR count). The summed E-state index contributed by atoms with van der Waals surface area (Å²) in [5.41, 5.74) is 5.81. The Bertz CT molecular complexity index is 204. The van der Waals surface area contributed by atoms with E-state index in [4.69, 9.17) is 5.73 Å². The van der Waals surface area contributed by atoms with Crippen molar-refractivity contribution >= 4 is 5.91 Å². The molecule has 1 aliphatic rings. The summed E-state index contributed by atoms with van der Waals surface area (Å²) in [6.07, 6.45) is 6.38. The number of carbonyl (C=O) groups excluding carboxylic acids is 1. The first-order valence-corrected chi connectivity index (χ1v) is 5.11. The van der Waals surface area contributed by atoms with Gasteiger partial charge in [0.05, 0.1) is 0 Å². The highest BCUT2D eigenvalue weighted by atomic mass is 16.1. The van der Waals surface area contributed by atoms with Gasteiger partial charge in [0.1, 0.15) is 0 Å². The number of carbonyl (C=O) groups is 1. The zero-order chi connectivity index (χ0) is 9.84. The van der Waals surface area contributed by atoms with Crippen LogP contribution in [-0.4, -0.2) is 5.91 Å². The molecule has 0 spiro atoms. The molecule has 13 heavy (non-hydrogen) atoms. The first-order valence-electron chi connectivity index (χ1n) is 5.11. The molecule has 0 aromatic heterocycles. The monoisotopic (exact) mass is 181 g/mol. The Balaban J connectivity index is 2.49. The molecule has 1 saturated carbocycles. The van der Waals surface area contributed by atoms with E-state index in [9.17, 15) is 4.79 Å². The van der Waals surface area contributed by atoms with E-state index < -0.39 is 0 Å². The van der Waals surface area contributed by atoms with Crippen LogP contribution in [0.4, 0.5) is 0 Å². The fourth-order valence-electron chi connectivity index (χ4n) is 2.14. The van der Waals surface area contributed by atoms with Crippen molar-refractivity contribution in [3.63, 3.8) is 0 Å². The second kappa shape index (κ2) is 4.45. The van der Waals surface area contributed by atoms with E-state index in [1.54, 1.807) is 0 Å². The van der Waals surface area contributed by atoms with Crippen LogP contribution in [0.25, 0.3) is 0 Å². The van der Waals surface area contributed by atoms with E-state index in [1.807, 2.05) is 0 Å². The molecule has 1 amide bonds. The van der Waals surface area contributed by atoms with Crippen molar-refractivity contribution in [1.82, 2.24) is 0 Å². The van der Waals surface area contributed by atoms with Crippen LogP contribution in [0.15, 0.2) is 12.2 Å². The molecule has 0 bridgehead atoms. The van der Waals surface area contributed by atoms with Crippen molar-refractivity contribution < 1.29 is 4.79 Å². The molecule has 1 fully saturated rings. The van der Waals surface area contributed by atoms with Crippen LogP contribution in [0.5, 0.6) is 0 Å². The topological polar surface area (TPSA) is 43.1 Å². The van der Waals surface area contributed by atoms with E-state index >= 15 is 0 Å². The van der Waals surface area contributed by atoms with Gasteiger partial charge in [-0.25, -0.2) is 0 Å². The lowest BCUT2D eigenvalue weighted by atomic mass is 9.78. The normalized spacial score (nSPS) is 21.0. The first-order chi connectivity index (χ1) is 6.13.